The molecule has 1 heterocycles. The molecule has 0 spiro atoms. The quantitative estimate of drug-likeness (QED) is 0.879. The van der Waals surface area contributed by atoms with E-state index in [4.69, 9.17) is 11.6 Å². The van der Waals surface area contributed by atoms with Crippen LogP contribution in [-0.4, -0.2) is 21.6 Å². The van der Waals surface area contributed by atoms with Crippen LogP contribution in [0.1, 0.15) is 35.8 Å². The van der Waals surface area contributed by atoms with Gasteiger partial charge in [-0.25, -0.2) is 0 Å². The van der Waals surface area contributed by atoms with Crippen molar-refractivity contribution in [1.82, 2.24) is 4.57 Å². The molecule has 1 aliphatic carbocycles. The van der Waals surface area contributed by atoms with Crippen molar-refractivity contribution < 1.29 is 9.90 Å². The first-order valence-corrected chi connectivity index (χ1v) is 7.41. The highest BCUT2D eigenvalue weighted by Gasteiger charge is 2.48. The van der Waals surface area contributed by atoms with Gasteiger partial charge in [0.15, 0.2) is 5.78 Å². The average Bonchev–Trinajstić information content (AvgIpc) is 2.47. The molecule has 4 nitrogen and oxygen atoms in total. The molecule has 0 saturated carbocycles. The standard InChI is InChI=1S/C17H16ClNO3/c1-17(2)15(21)11-7-6-10(18)9-12(11)14(16(17)22)19-8-4-3-5-13(19)20/h3-9,14,16,22H,1-2H3. The second-order valence-electron chi connectivity index (χ2n) is 6.12. The SMILES string of the molecule is CC1(C)C(=O)c2ccc(Cl)cc2C(n2ccccc2=O)C1O. The first kappa shape index (κ1) is 15.0. The zero-order chi connectivity index (χ0) is 16.1. The highest BCUT2D eigenvalue weighted by Crippen LogP contribution is 2.43. The molecule has 1 aromatic heterocycles. The maximum Gasteiger partial charge on any atom is 0.251 e. The predicted octanol–water partition coefficient (Wildman–Crippen LogP) is 2.67. The first-order chi connectivity index (χ1) is 10.3. The van der Waals surface area contributed by atoms with Crippen LogP contribution in [0, 0.1) is 5.41 Å². The first-order valence-electron chi connectivity index (χ1n) is 7.03. The van der Waals surface area contributed by atoms with Gasteiger partial charge in [0, 0.05) is 22.8 Å². The Balaban J connectivity index is 2.32. The molecule has 0 aliphatic heterocycles. The summed E-state index contributed by atoms with van der Waals surface area (Å²) in [4.78, 5) is 24.8. The fourth-order valence-corrected chi connectivity index (χ4v) is 3.18. The number of halogens is 1. The number of fused-ring (bicyclic) bond motifs is 1. The zero-order valence-electron chi connectivity index (χ0n) is 12.3. The van der Waals surface area contributed by atoms with Gasteiger partial charge in [0.1, 0.15) is 0 Å². The third-order valence-electron chi connectivity index (χ3n) is 4.35. The Morgan fingerprint density at radius 2 is 1.91 bits per heavy atom. The van der Waals surface area contributed by atoms with Gasteiger partial charge in [0.2, 0.25) is 0 Å². The summed E-state index contributed by atoms with van der Waals surface area (Å²) >= 11 is 6.06. The lowest BCUT2D eigenvalue weighted by atomic mass is 9.68. The number of benzene rings is 1. The molecule has 2 atom stereocenters. The van der Waals surface area contributed by atoms with Crippen molar-refractivity contribution in [2.75, 3.05) is 0 Å². The molecular weight excluding hydrogens is 302 g/mol. The van der Waals surface area contributed by atoms with Crippen LogP contribution in [0.25, 0.3) is 0 Å². The summed E-state index contributed by atoms with van der Waals surface area (Å²) in [5, 5.41) is 11.2. The Morgan fingerprint density at radius 3 is 2.59 bits per heavy atom. The van der Waals surface area contributed by atoms with E-state index in [1.165, 1.54) is 10.6 Å². The molecule has 3 rings (SSSR count). The largest absolute Gasteiger partial charge is 0.390 e. The van der Waals surface area contributed by atoms with E-state index in [9.17, 15) is 14.7 Å². The Labute approximate surface area is 133 Å². The molecule has 0 saturated heterocycles. The molecule has 1 N–H and O–H groups in total. The predicted molar refractivity (Wildman–Crippen MR) is 84.4 cm³/mol. The number of nitrogens with zero attached hydrogens (tertiary/aromatic N) is 1. The van der Waals surface area contributed by atoms with Gasteiger partial charge in [-0.05, 0) is 43.7 Å². The molecule has 0 radical (unpaired) electrons. The molecule has 2 aromatic rings. The summed E-state index contributed by atoms with van der Waals surface area (Å²) in [7, 11) is 0. The van der Waals surface area contributed by atoms with Crippen LogP contribution in [-0.2, 0) is 0 Å². The van der Waals surface area contributed by atoms with Crippen molar-refractivity contribution in [3.8, 4) is 0 Å². The molecule has 114 valence electrons. The molecule has 0 bridgehead atoms. The molecular formula is C17H16ClNO3. The third-order valence-corrected chi connectivity index (χ3v) is 4.59. The van der Waals surface area contributed by atoms with Gasteiger partial charge >= 0.3 is 0 Å². The Morgan fingerprint density at radius 1 is 1.18 bits per heavy atom. The summed E-state index contributed by atoms with van der Waals surface area (Å²) in [5.74, 6) is -0.146. The molecule has 0 amide bonds. The van der Waals surface area contributed by atoms with E-state index in [-0.39, 0.29) is 11.3 Å². The normalized spacial score (nSPS) is 23.2. The van der Waals surface area contributed by atoms with Crippen LogP contribution >= 0.6 is 11.6 Å². The van der Waals surface area contributed by atoms with E-state index in [0.29, 0.717) is 16.1 Å². The van der Waals surface area contributed by atoms with Crippen molar-refractivity contribution in [3.63, 3.8) is 0 Å². The Bertz CT molecular complexity index is 810. The number of aromatic nitrogens is 1. The van der Waals surface area contributed by atoms with Gasteiger partial charge in [-0.3, -0.25) is 9.59 Å². The lowest BCUT2D eigenvalue weighted by Gasteiger charge is -2.41. The van der Waals surface area contributed by atoms with Crippen LogP contribution in [0.5, 0.6) is 0 Å². The maximum atomic E-state index is 12.6. The van der Waals surface area contributed by atoms with Crippen molar-refractivity contribution >= 4 is 17.4 Å². The molecule has 2 unspecified atom stereocenters. The number of aliphatic hydroxyl groups is 1. The fourth-order valence-electron chi connectivity index (χ4n) is 3.00. The summed E-state index contributed by atoms with van der Waals surface area (Å²) in [6.45, 7) is 3.39. The van der Waals surface area contributed by atoms with Crippen LogP contribution in [0.2, 0.25) is 5.02 Å². The van der Waals surface area contributed by atoms with Gasteiger partial charge < -0.3 is 9.67 Å². The van der Waals surface area contributed by atoms with Crippen molar-refractivity contribution in [1.29, 1.82) is 0 Å². The Hall–Kier alpha value is -1.91. The highest BCUT2D eigenvalue weighted by atomic mass is 35.5. The van der Waals surface area contributed by atoms with Gasteiger partial charge in [0.25, 0.3) is 5.56 Å². The number of hydrogen-bond donors (Lipinski definition) is 1. The minimum atomic E-state index is -1.02. The van der Waals surface area contributed by atoms with Crippen LogP contribution in [0.15, 0.2) is 47.4 Å². The minimum absolute atomic E-state index is 0.146. The van der Waals surface area contributed by atoms with E-state index >= 15 is 0 Å². The lowest BCUT2D eigenvalue weighted by molar-refractivity contribution is 0.0134. The monoisotopic (exact) mass is 317 g/mol. The number of Topliss-reactive ketones (excluding diaryl/α,β-unsaturated/α-hetero) is 1. The number of carbonyl (C=O) groups excluding carboxylic acids is 1. The second kappa shape index (κ2) is 5.07. The summed E-state index contributed by atoms with van der Waals surface area (Å²) in [5.41, 5.74) is -0.137. The number of ketones is 1. The van der Waals surface area contributed by atoms with Crippen molar-refractivity contribution in [3.05, 3.63) is 69.1 Å². The van der Waals surface area contributed by atoms with Crippen LogP contribution < -0.4 is 5.56 Å². The van der Waals surface area contributed by atoms with Crippen molar-refractivity contribution in [2.45, 2.75) is 26.0 Å². The molecule has 5 heteroatoms. The zero-order valence-corrected chi connectivity index (χ0v) is 13.0. The van der Waals surface area contributed by atoms with Gasteiger partial charge in [-0.15, -0.1) is 0 Å². The van der Waals surface area contributed by atoms with Gasteiger partial charge in [-0.2, -0.15) is 0 Å². The van der Waals surface area contributed by atoms with E-state index in [2.05, 4.69) is 0 Å². The number of carbonyl (C=O) groups is 1. The third kappa shape index (κ3) is 2.11. The van der Waals surface area contributed by atoms with E-state index < -0.39 is 17.6 Å². The average molecular weight is 318 g/mol. The molecule has 1 aromatic carbocycles. The number of pyridine rings is 1. The van der Waals surface area contributed by atoms with E-state index in [1.54, 1.807) is 50.4 Å². The summed E-state index contributed by atoms with van der Waals surface area (Å²) in [6, 6.07) is 9.11. The van der Waals surface area contributed by atoms with Gasteiger partial charge in [0.05, 0.1) is 17.6 Å². The Kier molecular flexibility index (Phi) is 3.46. The number of rotatable bonds is 1. The highest BCUT2D eigenvalue weighted by molar-refractivity contribution is 6.30. The smallest absolute Gasteiger partial charge is 0.251 e. The minimum Gasteiger partial charge on any atom is -0.390 e. The topological polar surface area (TPSA) is 59.3 Å². The molecule has 1 aliphatic rings. The van der Waals surface area contributed by atoms with Crippen LogP contribution in [0.4, 0.5) is 0 Å². The maximum absolute atomic E-state index is 12.6. The second-order valence-corrected chi connectivity index (χ2v) is 6.55. The van der Waals surface area contributed by atoms with Crippen LogP contribution in [0.3, 0.4) is 0 Å². The van der Waals surface area contributed by atoms with Crippen molar-refractivity contribution in [2.24, 2.45) is 5.41 Å². The number of aliphatic hydroxyl groups excluding tert-OH is 1. The summed E-state index contributed by atoms with van der Waals surface area (Å²) < 4.78 is 1.45. The van der Waals surface area contributed by atoms with E-state index in [1.807, 2.05) is 0 Å². The van der Waals surface area contributed by atoms with Gasteiger partial charge in [-0.1, -0.05) is 17.7 Å². The molecule has 0 fully saturated rings. The number of hydrogen-bond acceptors (Lipinski definition) is 3. The molecule has 22 heavy (non-hydrogen) atoms. The van der Waals surface area contributed by atoms with E-state index in [0.717, 1.165) is 0 Å². The summed E-state index contributed by atoms with van der Waals surface area (Å²) in [6.07, 6.45) is 0.596. The fraction of sp³-hybridized carbons (Fsp3) is 0.294. The lowest BCUT2D eigenvalue weighted by Crippen LogP contribution is -2.49.